The minimum Gasteiger partial charge on any atom is -0.398 e. The van der Waals surface area contributed by atoms with Gasteiger partial charge in [0.15, 0.2) is 5.82 Å². The van der Waals surface area contributed by atoms with Crippen LogP contribution in [0.25, 0.3) is 0 Å². The van der Waals surface area contributed by atoms with Crippen molar-refractivity contribution in [1.29, 1.82) is 0 Å². The summed E-state index contributed by atoms with van der Waals surface area (Å²) in [7, 11) is 1.98. The van der Waals surface area contributed by atoms with Crippen LogP contribution in [0, 0.1) is 0 Å². The first-order valence-corrected chi connectivity index (χ1v) is 7.47. The lowest BCUT2D eigenvalue weighted by atomic mass is 9.89. The van der Waals surface area contributed by atoms with Gasteiger partial charge in [0.05, 0.1) is 0 Å². The minimum atomic E-state index is 0.553. The first-order valence-electron chi connectivity index (χ1n) is 7.47. The van der Waals surface area contributed by atoms with Gasteiger partial charge >= 0.3 is 0 Å². The zero-order valence-electron chi connectivity index (χ0n) is 12.0. The lowest BCUT2D eigenvalue weighted by Gasteiger charge is -2.18. The fraction of sp³-hybridized carbons (Fsp3) is 0.500. The predicted molar refractivity (Wildman–Crippen MR) is 80.5 cm³/mol. The van der Waals surface area contributed by atoms with Crippen LogP contribution in [0.2, 0.25) is 0 Å². The van der Waals surface area contributed by atoms with E-state index in [2.05, 4.69) is 11.2 Å². The molecule has 1 aromatic heterocycles. The average molecular weight is 270 g/mol. The summed E-state index contributed by atoms with van der Waals surface area (Å²) >= 11 is 0. The van der Waals surface area contributed by atoms with Crippen LogP contribution in [0.5, 0.6) is 0 Å². The van der Waals surface area contributed by atoms with E-state index in [1.807, 2.05) is 29.9 Å². The molecule has 4 heteroatoms. The molecule has 0 aliphatic heterocycles. The van der Waals surface area contributed by atoms with Crippen molar-refractivity contribution in [3.05, 3.63) is 41.5 Å². The molecule has 0 unspecified atom stereocenters. The molecule has 0 amide bonds. The number of benzene rings is 1. The second kappa shape index (κ2) is 5.65. The SMILES string of the molecule is Cn1nc(C2CCCCC2)nc1Cc1ccccc1N. The van der Waals surface area contributed by atoms with Crippen LogP contribution >= 0.6 is 0 Å². The Morgan fingerprint density at radius 2 is 1.95 bits per heavy atom. The van der Waals surface area contributed by atoms with E-state index < -0.39 is 0 Å². The van der Waals surface area contributed by atoms with Gasteiger partial charge in [-0.05, 0) is 24.5 Å². The van der Waals surface area contributed by atoms with Crippen LogP contribution in [-0.2, 0) is 13.5 Å². The molecule has 1 fully saturated rings. The molecule has 1 aromatic carbocycles. The van der Waals surface area contributed by atoms with Crippen molar-refractivity contribution in [3.8, 4) is 0 Å². The minimum absolute atomic E-state index is 0.553. The maximum absolute atomic E-state index is 6.01. The summed E-state index contributed by atoms with van der Waals surface area (Å²) in [6, 6.07) is 7.98. The van der Waals surface area contributed by atoms with Gasteiger partial charge in [0, 0.05) is 25.1 Å². The van der Waals surface area contributed by atoms with Gasteiger partial charge < -0.3 is 5.73 Å². The van der Waals surface area contributed by atoms with E-state index in [-0.39, 0.29) is 0 Å². The third kappa shape index (κ3) is 2.69. The highest BCUT2D eigenvalue weighted by molar-refractivity contribution is 5.47. The van der Waals surface area contributed by atoms with E-state index in [1.165, 1.54) is 32.1 Å². The molecular formula is C16H22N4. The molecule has 3 rings (SSSR count). The second-order valence-electron chi connectivity index (χ2n) is 5.72. The van der Waals surface area contributed by atoms with Crippen molar-refractivity contribution >= 4 is 5.69 Å². The normalized spacial score (nSPS) is 16.4. The van der Waals surface area contributed by atoms with Crippen LogP contribution in [0.3, 0.4) is 0 Å². The summed E-state index contributed by atoms with van der Waals surface area (Å²) in [5.41, 5.74) is 7.96. The Hall–Kier alpha value is -1.84. The van der Waals surface area contributed by atoms with Gasteiger partial charge in [-0.2, -0.15) is 5.10 Å². The van der Waals surface area contributed by atoms with Gasteiger partial charge in [0.1, 0.15) is 5.82 Å². The largest absolute Gasteiger partial charge is 0.398 e. The Bertz CT molecular complexity index is 582. The lowest BCUT2D eigenvalue weighted by molar-refractivity contribution is 0.427. The number of nitrogens with zero attached hydrogens (tertiary/aromatic N) is 3. The molecule has 106 valence electrons. The van der Waals surface area contributed by atoms with Crippen LogP contribution in [0.4, 0.5) is 5.69 Å². The highest BCUT2D eigenvalue weighted by Gasteiger charge is 2.21. The highest BCUT2D eigenvalue weighted by atomic mass is 15.3. The van der Waals surface area contributed by atoms with Crippen molar-refractivity contribution in [2.24, 2.45) is 7.05 Å². The number of anilines is 1. The Morgan fingerprint density at radius 3 is 2.70 bits per heavy atom. The summed E-state index contributed by atoms with van der Waals surface area (Å²) in [6.07, 6.45) is 7.20. The molecule has 1 saturated carbocycles. The lowest BCUT2D eigenvalue weighted by Crippen LogP contribution is -2.06. The average Bonchev–Trinajstić information content (AvgIpc) is 2.84. The molecule has 2 aromatic rings. The summed E-state index contributed by atoms with van der Waals surface area (Å²) in [6.45, 7) is 0. The standard InChI is InChI=1S/C16H22N4/c1-20-15(11-13-9-5-6-10-14(13)17)18-16(19-20)12-7-3-2-4-8-12/h5-6,9-10,12H,2-4,7-8,11,17H2,1H3. The number of rotatable bonds is 3. The number of hydrogen-bond acceptors (Lipinski definition) is 3. The molecule has 0 spiro atoms. The van der Waals surface area contributed by atoms with Crippen LogP contribution in [-0.4, -0.2) is 14.8 Å². The number of nitrogens with two attached hydrogens (primary N) is 1. The van der Waals surface area contributed by atoms with Crippen molar-refractivity contribution in [3.63, 3.8) is 0 Å². The van der Waals surface area contributed by atoms with Crippen LogP contribution in [0.15, 0.2) is 24.3 Å². The third-order valence-electron chi connectivity index (χ3n) is 4.24. The first-order chi connectivity index (χ1) is 9.74. The number of hydrogen-bond donors (Lipinski definition) is 1. The predicted octanol–water partition coefficient (Wildman–Crippen LogP) is 3.04. The third-order valence-corrected chi connectivity index (χ3v) is 4.24. The Balaban J connectivity index is 1.80. The number of nitrogen functional groups attached to an aromatic ring is 1. The maximum Gasteiger partial charge on any atom is 0.154 e. The number of para-hydroxylation sites is 1. The Kier molecular flexibility index (Phi) is 3.72. The summed E-state index contributed by atoms with van der Waals surface area (Å²) in [5.74, 6) is 2.58. The first kappa shape index (κ1) is 13.2. The number of aryl methyl sites for hydroxylation is 1. The van der Waals surface area contributed by atoms with Crippen molar-refractivity contribution in [2.45, 2.75) is 44.4 Å². The van der Waals surface area contributed by atoms with Crippen molar-refractivity contribution in [1.82, 2.24) is 14.8 Å². The molecule has 1 heterocycles. The van der Waals surface area contributed by atoms with E-state index in [9.17, 15) is 0 Å². The Labute approximate surface area is 120 Å². The molecule has 0 saturated heterocycles. The van der Waals surface area contributed by atoms with Crippen molar-refractivity contribution < 1.29 is 0 Å². The van der Waals surface area contributed by atoms with Gasteiger partial charge in [-0.15, -0.1) is 0 Å². The van der Waals surface area contributed by atoms with Crippen LogP contribution in [0.1, 0.15) is 55.2 Å². The monoisotopic (exact) mass is 270 g/mol. The number of aromatic nitrogens is 3. The quantitative estimate of drug-likeness (QED) is 0.872. The van der Waals surface area contributed by atoms with Crippen molar-refractivity contribution in [2.75, 3.05) is 5.73 Å². The van der Waals surface area contributed by atoms with E-state index in [4.69, 9.17) is 10.7 Å². The second-order valence-corrected chi connectivity index (χ2v) is 5.72. The van der Waals surface area contributed by atoms with Gasteiger partial charge in [-0.3, -0.25) is 4.68 Å². The van der Waals surface area contributed by atoms with E-state index >= 15 is 0 Å². The van der Waals surface area contributed by atoms with Gasteiger partial charge in [0.2, 0.25) is 0 Å². The van der Waals surface area contributed by atoms with Gasteiger partial charge in [0.25, 0.3) is 0 Å². The fourth-order valence-electron chi connectivity index (χ4n) is 2.99. The molecule has 0 atom stereocenters. The molecule has 0 bridgehead atoms. The van der Waals surface area contributed by atoms with Crippen LogP contribution < -0.4 is 5.73 Å². The zero-order chi connectivity index (χ0) is 13.9. The topological polar surface area (TPSA) is 56.7 Å². The fourth-order valence-corrected chi connectivity index (χ4v) is 2.99. The molecule has 4 nitrogen and oxygen atoms in total. The summed E-state index contributed by atoms with van der Waals surface area (Å²) in [5, 5.41) is 4.62. The van der Waals surface area contributed by atoms with E-state index in [1.54, 1.807) is 0 Å². The maximum atomic E-state index is 6.01. The molecule has 2 N–H and O–H groups in total. The molecule has 20 heavy (non-hydrogen) atoms. The smallest absolute Gasteiger partial charge is 0.154 e. The van der Waals surface area contributed by atoms with Gasteiger partial charge in [-0.1, -0.05) is 37.5 Å². The summed E-state index contributed by atoms with van der Waals surface area (Å²) in [4.78, 5) is 4.77. The molecule has 0 radical (unpaired) electrons. The molecule has 1 aliphatic rings. The van der Waals surface area contributed by atoms with Gasteiger partial charge in [-0.25, -0.2) is 4.98 Å². The molecule has 1 aliphatic carbocycles. The highest BCUT2D eigenvalue weighted by Crippen LogP contribution is 2.31. The molecular weight excluding hydrogens is 248 g/mol. The van der Waals surface area contributed by atoms with E-state index in [0.29, 0.717) is 5.92 Å². The zero-order valence-corrected chi connectivity index (χ0v) is 12.0. The summed E-state index contributed by atoms with van der Waals surface area (Å²) < 4.78 is 1.91. The van der Waals surface area contributed by atoms with E-state index in [0.717, 1.165) is 29.3 Å². The Morgan fingerprint density at radius 1 is 1.20 bits per heavy atom.